The Morgan fingerprint density at radius 1 is 0.714 bits per heavy atom. The summed E-state index contributed by atoms with van der Waals surface area (Å²) in [5.74, 6) is 0. The first-order chi connectivity index (χ1) is 9.90. The highest BCUT2D eigenvalue weighted by Crippen LogP contribution is 2.48. The molecule has 0 N–H and O–H groups in total. The zero-order valence-electron chi connectivity index (χ0n) is 13.4. The lowest BCUT2D eigenvalue weighted by atomic mass is 9.68. The summed E-state index contributed by atoms with van der Waals surface area (Å²) in [6.45, 7) is 9.68. The van der Waals surface area contributed by atoms with Crippen LogP contribution >= 0.6 is 21.8 Å². The van der Waals surface area contributed by atoms with Crippen LogP contribution in [0, 0.1) is 0 Å². The Morgan fingerprint density at radius 2 is 1.05 bits per heavy atom. The second-order valence-corrected chi connectivity index (χ2v) is 10.6. The molecule has 0 nitrogen and oxygen atoms in total. The fourth-order valence-electron chi connectivity index (χ4n) is 3.43. The molecule has 0 spiro atoms. The van der Waals surface area contributed by atoms with E-state index in [0.29, 0.717) is 5.54 Å². The Hall–Kier alpha value is -0.613. The molecule has 0 amide bonds. The third-order valence-electron chi connectivity index (χ3n) is 4.93. The molecule has 0 radical (unpaired) electrons. The molecule has 2 heteroatoms. The van der Waals surface area contributed by atoms with E-state index >= 15 is 0 Å². The third-order valence-corrected chi connectivity index (χ3v) is 9.92. The fourth-order valence-corrected chi connectivity index (χ4v) is 11.3. The highest BCUT2D eigenvalue weighted by Gasteiger charge is 2.41. The van der Waals surface area contributed by atoms with Crippen molar-refractivity contribution in [2.24, 2.45) is 0 Å². The molecule has 2 aromatic carbocycles. The van der Waals surface area contributed by atoms with Gasteiger partial charge in [-0.2, -0.15) is 0 Å². The number of rotatable bonds is 5. The van der Waals surface area contributed by atoms with E-state index in [1.165, 1.54) is 11.1 Å². The molecule has 0 heterocycles. The summed E-state index contributed by atoms with van der Waals surface area (Å²) in [7, 11) is -0.198. The molecule has 21 heavy (non-hydrogen) atoms. The van der Waals surface area contributed by atoms with Crippen LogP contribution in [0.4, 0.5) is 0 Å². The van der Waals surface area contributed by atoms with E-state index < -0.39 is 0 Å². The minimum atomic E-state index is -0.198. The zero-order valence-corrected chi connectivity index (χ0v) is 17.0. The summed E-state index contributed by atoms with van der Waals surface area (Å²) in [5, 5.41) is 0. The van der Waals surface area contributed by atoms with Crippen LogP contribution in [0.15, 0.2) is 60.7 Å². The molecule has 0 unspecified atom stereocenters. The van der Waals surface area contributed by atoms with Crippen LogP contribution < -0.4 is 0 Å². The van der Waals surface area contributed by atoms with E-state index in [1.807, 2.05) is 0 Å². The van der Waals surface area contributed by atoms with Crippen LogP contribution in [0.5, 0.6) is 0 Å². The first-order valence-electron chi connectivity index (χ1n) is 7.57. The van der Waals surface area contributed by atoms with E-state index in [0.717, 1.165) is 0 Å². The number of hydrogen-bond acceptors (Lipinski definition) is 0. The molecular weight excluding hydrogens is 383 g/mol. The lowest BCUT2D eigenvalue weighted by Crippen LogP contribution is -2.39. The van der Waals surface area contributed by atoms with Gasteiger partial charge in [0, 0.05) is 0 Å². The summed E-state index contributed by atoms with van der Waals surface area (Å²) in [6, 6.07) is 22.0. The van der Waals surface area contributed by atoms with Crippen molar-refractivity contribution in [3.8, 4) is 0 Å². The van der Waals surface area contributed by atoms with Gasteiger partial charge in [-0.1, -0.05) is 88.4 Å². The van der Waals surface area contributed by atoms with E-state index in [2.05, 4.69) is 110 Å². The summed E-state index contributed by atoms with van der Waals surface area (Å²) in [6.07, 6.45) is 0. The van der Waals surface area contributed by atoms with E-state index in [4.69, 9.17) is 0 Å². The Balaban J connectivity index is 2.43. The van der Waals surface area contributed by atoms with Gasteiger partial charge in [-0.05, 0) is 27.5 Å². The minimum Gasteiger partial charge on any atom is -0.128 e. The van der Waals surface area contributed by atoms with Crippen LogP contribution in [0.25, 0.3) is 0 Å². The van der Waals surface area contributed by atoms with E-state index in [-0.39, 0.29) is 17.8 Å². The Labute approximate surface area is 144 Å². The van der Waals surface area contributed by atoms with E-state index in [9.17, 15) is 0 Å². The first-order valence-corrected chi connectivity index (χ1v) is 13.5. The average molecular weight is 408 g/mol. The summed E-state index contributed by atoms with van der Waals surface area (Å²) in [5.41, 5.74) is 4.03. The first kappa shape index (κ1) is 16.8. The average Bonchev–Trinajstić information content (AvgIpc) is 2.49. The van der Waals surface area contributed by atoms with Gasteiger partial charge in [0.15, 0.2) is 0 Å². The molecule has 0 bridgehead atoms. The third kappa shape index (κ3) is 3.42. The lowest BCUT2D eigenvalue weighted by molar-refractivity contribution is 0.349. The summed E-state index contributed by atoms with van der Waals surface area (Å²) < 4.78 is 0. The SMILES string of the molecule is CC(C)(c1ccccc1)C([SiH2]I)C(C)(C)c1ccccc1. The number of halogens is 1. The van der Waals surface area contributed by atoms with Crippen molar-refractivity contribution in [2.75, 3.05) is 0 Å². The molecule has 2 rings (SSSR count). The molecule has 2 aromatic rings. The van der Waals surface area contributed by atoms with Crippen LogP contribution in [0.2, 0.25) is 5.54 Å². The normalized spacial score (nSPS) is 13.2. The highest BCUT2D eigenvalue weighted by atomic mass is 127. The quantitative estimate of drug-likeness (QED) is 0.360. The van der Waals surface area contributed by atoms with Gasteiger partial charge in [0.1, 0.15) is 0 Å². The molecule has 0 fully saturated rings. The molecule has 0 aliphatic heterocycles. The van der Waals surface area contributed by atoms with Gasteiger partial charge in [0.25, 0.3) is 0 Å². The van der Waals surface area contributed by atoms with Crippen molar-refractivity contribution in [3.05, 3.63) is 71.8 Å². The molecule has 112 valence electrons. The summed E-state index contributed by atoms with van der Waals surface area (Å²) in [4.78, 5) is 0. The maximum Gasteiger partial charge on any atom is 0.0985 e. The Kier molecular flexibility index (Phi) is 5.31. The van der Waals surface area contributed by atoms with Gasteiger partial charge < -0.3 is 0 Å². The number of benzene rings is 2. The van der Waals surface area contributed by atoms with Crippen molar-refractivity contribution in [3.63, 3.8) is 0 Å². The standard InChI is InChI=1S/C19H25ISi/c1-18(2,15-11-7-5-8-12-15)17(21-20)19(3,4)16-13-9-6-10-14-16/h5-14,17H,21H2,1-4H3. The van der Waals surface area contributed by atoms with Crippen LogP contribution in [0.3, 0.4) is 0 Å². The van der Waals surface area contributed by atoms with Gasteiger partial charge in [-0.15, -0.1) is 21.8 Å². The second-order valence-electron chi connectivity index (χ2n) is 6.88. The van der Waals surface area contributed by atoms with Crippen molar-refractivity contribution in [1.29, 1.82) is 0 Å². The van der Waals surface area contributed by atoms with Crippen molar-refractivity contribution < 1.29 is 0 Å². The zero-order chi connectivity index (χ0) is 15.5. The minimum absolute atomic E-state index is 0.198. The van der Waals surface area contributed by atoms with Gasteiger partial charge in [-0.3, -0.25) is 0 Å². The Morgan fingerprint density at radius 3 is 1.33 bits per heavy atom. The molecular formula is C19H25ISi. The summed E-state index contributed by atoms with van der Waals surface area (Å²) >= 11 is 2.69. The molecule has 0 aromatic heterocycles. The second kappa shape index (κ2) is 6.65. The van der Waals surface area contributed by atoms with Gasteiger partial charge in [-0.25, -0.2) is 0 Å². The number of hydrogen-bond donors (Lipinski definition) is 0. The van der Waals surface area contributed by atoms with Crippen LogP contribution in [0.1, 0.15) is 38.8 Å². The van der Waals surface area contributed by atoms with Gasteiger partial charge >= 0.3 is 0 Å². The maximum atomic E-state index is 2.69. The van der Waals surface area contributed by atoms with Gasteiger partial charge in [0.05, 0.1) is 7.02 Å². The van der Waals surface area contributed by atoms with Crippen molar-refractivity contribution >= 4 is 28.8 Å². The predicted octanol–water partition coefficient (Wildman–Crippen LogP) is 5.25. The highest BCUT2D eigenvalue weighted by molar-refractivity contribution is 14.1. The fraction of sp³-hybridized carbons (Fsp3) is 0.368. The predicted molar refractivity (Wildman–Crippen MR) is 105 cm³/mol. The molecule has 0 atom stereocenters. The smallest absolute Gasteiger partial charge is 0.0985 e. The molecule has 0 saturated heterocycles. The van der Waals surface area contributed by atoms with E-state index in [1.54, 1.807) is 0 Å². The topological polar surface area (TPSA) is 0 Å². The Bertz CT molecular complexity index is 509. The lowest BCUT2D eigenvalue weighted by Gasteiger charge is -2.44. The molecule has 0 saturated carbocycles. The van der Waals surface area contributed by atoms with Crippen LogP contribution in [-0.2, 0) is 10.8 Å². The largest absolute Gasteiger partial charge is 0.128 e. The molecule has 0 aliphatic rings. The van der Waals surface area contributed by atoms with Gasteiger partial charge in [0.2, 0.25) is 0 Å². The van der Waals surface area contributed by atoms with Crippen LogP contribution in [-0.4, -0.2) is 7.02 Å². The van der Waals surface area contributed by atoms with Crippen molar-refractivity contribution in [1.82, 2.24) is 0 Å². The monoisotopic (exact) mass is 408 g/mol. The molecule has 0 aliphatic carbocycles. The maximum absolute atomic E-state index is 2.69. The van der Waals surface area contributed by atoms with Crippen molar-refractivity contribution in [2.45, 2.75) is 44.1 Å².